The predicted molar refractivity (Wildman–Crippen MR) is 92.9 cm³/mol. The Morgan fingerprint density at radius 1 is 1.30 bits per heavy atom. The summed E-state index contributed by atoms with van der Waals surface area (Å²) in [6.45, 7) is 4.07. The molecule has 0 unspecified atom stereocenters. The number of hydrogen-bond donors (Lipinski definition) is 2. The summed E-state index contributed by atoms with van der Waals surface area (Å²) in [5.74, 6) is -0.00781. The van der Waals surface area contributed by atoms with Crippen molar-refractivity contribution in [2.75, 3.05) is 5.32 Å². The molecule has 3 aromatic rings. The standard InChI is InChI=1S/C15H15N5OS2/c1-9(2)13-18-19-14(23-13)17-12(21)11-8-16-15(22)20(11)10-6-4-3-5-7-10/h3-9H,1-2H3,(H,16,22)(H,17,19,21). The topological polar surface area (TPSA) is 75.6 Å². The molecule has 1 amide bonds. The third-order valence-corrected chi connectivity index (χ3v) is 4.62. The molecular weight excluding hydrogens is 330 g/mol. The van der Waals surface area contributed by atoms with E-state index in [0.717, 1.165) is 10.7 Å². The molecule has 23 heavy (non-hydrogen) atoms. The first kappa shape index (κ1) is 15.6. The Labute approximate surface area is 142 Å². The molecule has 0 spiro atoms. The lowest BCUT2D eigenvalue weighted by Gasteiger charge is -2.07. The van der Waals surface area contributed by atoms with Gasteiger partial charge in [-0.3, -0.25) is 14.7 Å². The van der Waals surface area contributed by atoms with Crippen molar-refractivity contribution < 1.29 is 4.79 Å². The van der Waals surface area contributed by atoms with Crippen molar-refractivity contribution >= 4 is 34.6 Å². The van der Waals surface area contributed by atoms with Gasteiger partial charge in [0, 0.05) is 17.8 Å². The fourth-order valence-corrected chi connectivity index (χ4v) is 3.05. The summed E-state index contributed by atoms with van der Waals surface area (Å²) in [5, 5.41) is 12.2. The third kappa shape index (κ3) is 3.22. The molecule has 0 aliphatic carbocycles. The minimum absolute atomic E-state index is 0.277. The van der Waals surface area contributed by atoms with E-state index in [0.29, 0.717) is 15.6 Å². The molecule has 0 saturated heterocycles. The maximum Gasteiger partial charge on any atom is 0.276 e. The number of rotatable bonds is 4. The van der Waals surface area contributed by atoms with Crippen LogP contribution < -0.4 is 5.32 Å². The molecule has 0 fully saturated rings. The second kappa shape index (κ2) is 6.43. The lowest BCUT2D eigenvalue weighted by Crippen LogP contribution is -2.16. The van der Waals surface area contributed by atoms with Crippen LogP contribution in [0.1, 0.15) is 35.3 Å². The van der Waals surface area contributed by atoms with Crippen molar-refractivity contribution in [3.8, 4) is 5.69 Å². The van der Waals surface area contributed by atoms with E-state index in [1.165, 1.54) is 11.3 Å². The van der Waals surface area contributed by atoms with Crippen LogP contribution in [0.3, 0.4) is 0 Å². The van der Waals surface area contributed by atoms with Gasteiger partial charge in [-0.2, -0.15) is 0 Å². The van der Waals surface area contributed by atoms with Gasteiger partial charge in [-0.05, 0) is 24.4 Å². The number of aromatic amines is 1. The van der Waals surface area contributed by atoms with Gasteiger partial charge in [0.25, 0.3) is 5.91 Å². The summed E-state index contributed by atoms with van der Waals surface area (Å²) in [6.07, 6.45) is 1.59. The van der Waals surface area contributed by atoms with Crippen LogP contribution in [0.4, 0.5) is 5.13 Å². The minimum atomic E-state index is -0.285. The number of para-hydroxylation sites is 1. The first-order valence-electron chi connectivity index (χ1n) is 7.07. The van der Waals surface area contributed by atoms with Crippen LogP contribution in [0.2, 0.25) is 0 Å². The molecule has 8 heteroatoms. The van der Waals surface area contributed by atoms with E-state index in [1.54, 1.807) is 10.8 Å². The lowest BCUT2D eigenvalue weighted by molar-refractivity contribution is 0.102. The SMILES string of the molecule is CC(C)c1nnc(NC(=O)c2c[nH]c(=S)n2-c2ccccc2)s1. The van der Waals surface area contributed by atoms with Gasteiger partial charge in [0.05, 0.1) is 0 Å². The van der Waals surface area contributed by atoms with E-state index in [1.807, 2.05) is 44.2 Å². The average Bonchev–Trinajstić information content (AvgIpc) is 3.15. The zero-order valence-electron chi connectivity index (χ0n) is 12.6. The van der Waals surface area contributed by atoms with Gasteiger partial charge >= 0.3 is 0 Å². The summed E-state index contributed by atoms with van der Waals surface area (Å²) in [7, 11) is 0. The number of anilines is 1. The van der Waals surface area contributed by atoms with Crippen LogP contribution in [0.5, 0.6) is 0 Å². The number of nitrogens with zero attached hydrogens (tertiary/aromatic N) is 3. The zero-order valence-corrected chi connectivity index (χ0v) is 14.2. The lowest BCUT2D eigenvalue weighted by atomic mass is 10.2. The van der Waals surface area contributed by atoms with Gasteiger partial charge in [0.15, 0.2) is 4.77 Å². The molecule has 1 aromatic carbocycles. The summed E-state index contributed by atoms with van der Waals surface area (Å²) in [6, 6.07) is 9.48. The van der Waals surface area contributed by atoms with Crippen LogP contribution >= 0.6 is 23.6 Å². The van der Waals surface area contributed by atoms with Gasteiger partial charge < -0.3 is 4.98 Å². The smallest absolute Gasteiger partial charge is 0.276 e. The van der Waals surface area contributed by atoms with Crippen LogP contribution in [0, 0.1) is 4.77 Å². The fraction of sp³-hybridized carbons (Fsp3) is 0.200. The van der Waals surface area contributed by atoms with Crippen LogP contribution in [-0.2, 0) is 0 Å². The van der Waals surface area contributed by atoms with Crippen LogP contribution in [0.15, 0.2) is 36.5 Å². The largest absolute Gasteiger partial charge is 0.336 e. The molecule has 2 aromatic heterocycles. The van der Waals surface area contributed by atoms with Crippen molar-refractivity contribution in [3.63, 3.8) is 0 Å². The fourth-order valence-electron chi connectivity index (χ4n) is 2.05. The monoisotopic (exact) mass is 345 g/mol. The Morgan fingerprint density at radius 3 is 2.70 bits per heavy atom. The second-order valence-electron chi connectivity index (χ2n) is 5.20. The van der Waals surface area contributed by atoms with Crippen LogP contribution in [0.25, 0.3) is 5.69 Å². The summed E-state index contributed by atoms with van der Waals surface area (Å²) >= 11 is 6.65. The van der Waals surface area contributed by atoms with Crippen molar-refractivity contribution in [1.29, 1.82) is 0 Å². The van der Waals surface area contributed by atoms with Crippen LogP contribution in [-0.4, -0.2) is 25.7 Å². The minimum Gasteiger partial charge on any atom is -0.336 e. The number of H-pyrrole nitrogens is 1. The Morgan fingerprint density at radius 2 is 2.04 bits per heavy atom. The number of carbonyl (C=O) groups is 1. The van der Waals surface area contributed by atoms with Crippen molar-refractivity contribution in [2.24, 2.45) is 0 Å². The number of hydrogen-bond acceptors (Lipinski definition) is 5. The van der Waals surface area contributed by atoms with E-state index in [9.17, 15) is 4.79 Å². The summed E-state index contributed by atoms with van der Waals surface area (Å²) in [5.41, 5.74) is 1.24. The number of imidazole rings is 1. The Bertz CT molecular complexity index is 879. The van der Waals surface area contributed by atoms with E-state index in [4.69, 9.17) is 12.2 Å². The third-order valence-electron chi connectivity index (χ3n) is 3.18. The van der Waals surface area contributed by atoms with Gasteiger partial charge in [0.1, 0.15) is 10.7 Å². The van der Waals surface area contributed by atoms with E-state index in [-0.39, 0.29) is 11.8 Å². The number of amides is 1. The van der Waals surface area contributed by atoms with Gasteiger partial charge in [-0.15, -0.1) is 10.2 Å². The normalized spacial score (nSPS) is 10.9. The maximum absolute atomic E-state index is 12.5. The van der Waals surface area contributed by atoms with E-state index >= 15 is 0 Å². The highest BCUT2D eigenvalue weighted by atomic mass is 32.1. The molecule has 2 heterocycles. The molecule has 0 radical (unpaired) electrons. The second-order valence-corrected chi connectivity index (χ2v) is 6.60. The number of nitrogens with one attached hydrogen (secondary N) is 2. The molecule has 0 bridgehead atoms. The molecule has 0 atom stereocenters. The molecule has 0 saturated carbocycles. The zero-order chi connectivity index (χ0) is 16.4. The van der Waals surface area contributed by atoms with Crippen molar-refractivity contribution in [3.05, 3.63) is 52.0 Å². The Balaban J connectivity index is 1.90. The molecule has 3 rings (SSSR count). The molecular formula is C15H15N5OS2. The Kier molecular flexibility index (Phi) is 4.35. The highest BCUT2D eigenvalue weighted by Gasteiger charge is 2.17. The number of benzene rings is 1. The van der Waals surface area contributed by atoms with Gasteiger partial charge in [-0.25, -0.2) is 0 Å². The van der Waals surface area contributed by atoms with E-state index in [2.05, 4.69) is 20.5 Å². The van der Waals surface area contributed by atoms with Crippen molar-refractivity contribution in [1.82, 2.24) is 19.7 Å². The highest BCUT2D eigenvalue weighted by molar-refractivity contribution is 7.71. The molecule has 2 N–H and O–H groups in total. The molecule has 0 aliphatic heterocycles. The quantitative estimate of drug-likeness (QED) is 0.706. The number of aromatic nitrogens is 4. The number of carbonyl (C=O) groups excluding carboxylic acids is 1. The Hall–Kier alpha value is -2.32. The summed E-state index contributed by atoms with van der Waals surface area (Å²) < 4.78 is 2.15. The average molecular weight is 345 g/mol. The van der Waals surface area contributed by atoms with Gasteiger partial charge in [0.2, 0.25) is 5.13 Å². The predicted octanol–water partition coefficient (Wildman–Crippen LogP) is 3.76. The molecule has 0 aliphatic rings. The first-order chi connectivity index (χ1) is 11.1. The molecule has 118 valence electrons. The highest BCUT2D eigenvalue weighted by Crippen LogP contribution is 2.23. The first-order valence-corrected chi connectivity index (χ1v) is 8.29. The maximum atomic E-state index is 12.5. The van der Waals surface area contributed by atoms with E-state index < -0.39 is 0 Å². The van der Waals surface area contributed by atoms with Gasteiger partial charge in [-0.1, -0.05) is 43.4 Å². The van der Waals surface area contributed by atoms with Crippen molar-refractivity contribution in [2.45, 2.75) is 19.8 Å². The summed E-state index contributed by atoms with van der Waals surface area (Å²) in [4.78, 5) is 15.5. The molecule has 6 nitrogen and oxygen atoms in total.